The van der Waals surface area contributed by atoms with Crippen LogP contribution in [0.3, 0.4) is 0 Å². The van der Waals surface area contributed by atoms with Crippen molar-refractivity contribution >= 4 is 29.1 Å². The third kappa shape index (κ3) is 5.96. The largest absolute Gasteiger partial charge is 0.302 e. The quantitative estimate of drug-likeness (QED) is 0.577. The first-order valence-electron chi connectivity index (χ1n) is 6.08. The van der Waals surface area contributed by atoms with Gasteiger partial charge in [-0.15, -0.1) is 0 Å². The van der Waals surface area contributed by atoms with E-state index in [9.17, 15) is 9.59 Å². The molecule has 1 aromatic rings. The molecule has 3 N–H and O–H groups in total. The molecule has 0 aliphatic heterocycles. The third-order valence-corrected chi connectivity index (χ3v) is 2.54. The predicted octanol–water partition coefficient (Wildman–Crippen LogP) is 1.51. The zero-order chi connectivity index (χ0) is 14.1. The van der Waals surface area contributed by atoms with Gasteiger partial charge in [0.25, 0.3) is 5.91 Å². The summed E-state index contributed by atoms with van der Waals surface area (Å²) in [6, 6.07) is 8.71. The molecule has 5 nitrogen and oxygen atoms in total. The number of amides is 2. The maximum Gasteiger partial charge on any atom is 0.269 e. The Labute approximate surface area is 117 Å². The van der Waals surface area contributed by atoms with Crippen molar-refractivity contribution < 1.29 is 9.59 Å². The van der Waals surface area contributed by atoms with E-state index in [0.29, 0.717) is 12.0 Å². The van der Waals surface area contributed by atoms with Crippen LogP contribution in [0.2, 0.25) is 0 Å². The second-order valence-electron chi connectivity index (χ2n) is 3.93. The number of carbonyl (C=O) groups excluding carboxylic acids is 2. The fraction of sp³-hybridized carbons (Fsp3) is 0.308. The molecule has 0 atom stereocenters. The van der Waals surface area contributed by atoms with Gasteiger partial charge in [-0.25, -0.2) is 0 Å². The molecule has 1 aromatic carbocycles. The summed E-state index contributed by atoms with van der Waals surface area (Å²) in [5.74, 6) is -0.473. The van der Waals surface area contributed by atoms with Crippen molar-refractivity contribution in [3.8, 4) is 0 Å². The maximum atomic E-state index is 11.7. The molecule has 0 fully saturated rings. The topological polar surface area (TPSA) is 70.2 Å². The summed E-state index contributed by atoms with van der Waals surface area (Å²) >= 11 is 4.89. The molecule has 1 rings (SSSR count). The summed E-state index contributed by atoms with van der Waals surface area (Å²) in [6.07, 6.45) is 2.17. The molecule has 0 unspecified atom stereocenters. The molecular weight excluding hydrogens is 262 g/mol. The Morgan fingerprint density at radius 2 is 1.84 bits per heavy atom. The number of carbonyl (C=O) groups is 2. The molecule has 0 saturated carbocycles. The molecule has 0 spiro atoms. The molecule has 102 valence electrons. The second kappa shape index (κ2) is 8.20. The van der Waals surface area contributed by atoms with Crippen LogP contribution >= 0.6 is 12.2 Å². The summed E-state index contributed by atoms with van der Waals surface area (Å²) in [6.45, 7) is 2.00. The van der Waals surface area contributed by atoms with Crippen molar-refractivity contribution in [3.63, 3.8) is 0 Å². The maximum absolute atomic E-state index is 11.7. The molecule has 0 aliphatic carbocycles. The van der Waals surface area contributed by atoms with Gasteiger partial charge in [0.05, 0.1) is 0 Å². The van der Waals surface area contributed by atoms with Crippen molar-refractivity contribution in [3.05, 3.63) is 35.9 Å². The van der Waals surface area contributed by atoms with Gasteiger partial charge >= 0.3 is 0 Å². The molecule has 0 aromatic heterocycles. The number of benzene rings is 1. The first kappa shape index (κ1) is 15.1. The zero-order valence-electron chi connectivity index (χ0n) is 10.7. The SMILES string of the molecule is CCCCC(=O)NC(=S)NNC(=O)c1ccccc1. The van der Waals surface area contributed by atoms with Crippen LogP contribution in [0, 0.1) is 0 Å². The van der Waals surface area contributed by atoms with Gasteiger partial charge in [0.2, 0.25) is 5.91 Å². The van der Waals surface area contributed by atoms with Gasteiger partial charge in [-0.2, -0.15) is 0 Å². The summed E-state index contributed by atoms with van der Waals surface area (Å²) < 4.78 is 0. The van der Waals surface area contributed by atoms with E-state index < -0.39 is 0 Å². The van der Waals surface area contributed by atoms with Gasteiger partial charge in [0, 0.05) is 12.0 Å². The Morgan fingerprint density at radius 3 is 2.47 bits per heavy atom. The Bertz CT molecular complexity index is 448. The normalized spacial score (nSPS) is 9.53. The number of hydrogen-bond donors (Lipinski definition) is 3. The number of unbranched alkanes of at least 4 members (excludes halogenated alkanes) is 1. The molecule has 0 bridgehead atoms. The molecule has 0 aliphatic rings. The first-order valence-corrected chi connectivity index (χ1v) is 6.49. The molecule has 0 radical (unpaired) electrons. The number of hydrazine groups is 1. The average Bonchev–Trinajstić information content (AvgIpc) is 2.43. The Hall–Kier alpha value is -1.95. The minimum Gasteiger partial charge on any atom is -0.302 e. The summed E-state index contributed by atoms with van der Waals surface area (Å²) in [4.78, 5) is 23.0. The number of nitrogens with one attached hydrogen (secondary N) is 3. The van der Waals surface area contributed by atoms with E-state index in [1.54, 1.807) is 24.3 Å². The van der Waals surface area contributed by atoms with Crippen molar-refractivity contribution in [2.75, 3.05) is 0 Å². The average molecular weight is 279 g/mol. The van der Waals surface area contributed by atoms with E-state index in [1.807, 2.05) is 13.0 Å². The molecule has 19 heavy (non-hydrogen) atoms. The lowest BCUT2D eigenvalue weighted by atomic mass is 10.2. The lowest BCUT2D eigenvalue weighted by Gasteiger charge is -2.10. The fourth-order valence-corrected chi connectivity index (χ4v) is 1.50. The summed E-state index contributed by atoms with van der Waals surface area (Å²) in [5.41, 5.74) is 5.41. The minimum absolute atomic E-state index is 0.0883. The van der Waals surface area contributed by atoms with Gasteiger partial charge in [-0.05, 0) is 30.8 Å². The number of thiocarbonyl (C=S) groups is 1. The van der Waals surface area contributed by atoms with Crippen LogP contribution in [0.5, 0.6) is 0 Å². The van der Waals surface area contributed by atoms with Crippen LogP contribution in [-0.2, 0) is 4.79 Å². The zero-order valence-corrected chi connectivity index (χ0v) is 11.5. The Kier molecular flexibility index (Phi) is 6.52. The van der Waals surface area contributed by atoms with Gasteiger partial charge < -0.3 is 5.32 Å². The van der Waals surface area contributed by atoms with E-state index >= 15 is 0 Å². The highest BCUT2D eigenvalue weighted by Crippen LogP contribution is 1.96. The standard InChI is InChI=1S/C13H17N3O2S/c1-2-3-9-11(17)14-13(19)16-15-12(18)10-7-5-4-6-8-10/h4-8H,2-3,9H2,1H3,(H,15,18)(H2,14,16,17,19). The summed E-state index contributed by atoms with van der Waals surface area (Å²) in [5, 5.41) is 2.58. The van der Waals surface area contributed by atoms with Crippen molar-refractivity contribution in [1.82, 2.24) is 16.2 Å². The van der Waals surface area contributed by atoms with Crippen molar-refractivity contribution in [2.24, 2.45) is 0 Å². The number of rotatable bonds is 4. The van der Waals surface area contributed by atoms with Gasteiger partial charge in [0.15, 0.2) is 5.11 Å². The Balaban J connectivity index is 2.30. The van der Waals surface area contributed by atoms with Crippen LogP contribution in [0.15, 0.2) is 30.3 Å². The van der Waals surface area contributed by atoms with Crippen LogP contribution < -0.4 is 16.2 Å². The third-order valence-electron chi connectivity index (χ3n) is 2.34. The van der Waals surface area contributed by atoms with Gasteiger partial charge in [-0.1, -0.05) is 31.5 Å². The van der Waals surface area contributed by atoms with Crippen molar-refractivity contribution in [2.45, 2.75) is 26.2 Å². The molecule has 2 amide bonds. The van der Waals surface area contributed by atoms with E-state index in [-0.39, 0.29) is 16.9 Å². The van der Waals surface area contributed by atoms with E-state index in [4.69, 9.17) is 12.2 Å². The van der Waals surface area contributed by atoms with E-state index in [1.165, 1.54) is 0 Å². The second-order valence-corrected chi connectivity index (χ2v) is 4.33. The highest BCUT2D eigenvalue weighted by atomic mass is 32.1. The molecule has 6 heteroatoms. The smallest absolute Gasteiger partial charge is 0.269 e. The monoisotopic (exact) mass is 279 g/mol. The molecule has 0 heterocycles. The lowest BCUT2D eigenvalue weighted by Crippen LogP contribution is -2.48. The van der Waals surface area contributed by atoms with Gasteiger partial charge in [0.1, 0.15) is 0 Å². The van der Waals surface area contributed by atoms with Gasteiger partial charge in [-0.3, -0.25) is 20.4 Å². The molecular formula is C13H17N3O2S. The predicted molar refractivity (Wildman–Crippen MR) is 77.3 cm³/mol. The molecule has 0 saturated heterocycles. The van der Waals surface area contributed by atoms with Crippen LogP contribution in [0.1, 0.15) is 36.5 Å². The van der Waals surface area contributed by atoms with E-state index in [2.05, 4.69) is 16.2 Å². The highest BCUT2D eigenvalue weighted by Gasteiger charge is 2.06. The van der Waals surface area contributed by atoms with Crippen LogP contribution in [-0.4, -0.2) is 16.9 Å². The summed E-state index contributed by atoms with van der Waals surface area (Å²) in [7, 11) is 0. The van der Waals surface area contributed by atoms with Crippen molar-refractivity contribution in [1.29, 1.82) is 0 Å². The highest BCUT2D eigenvalue weighted by molar-refractivity contribution is 7.80. The number of hydrogen-bond acceptors (Lipinski definition) is 3. The van der Waals surface area contributed by atoms with Crippen LogP contribution in [0.25, 0.3) is 0 Å². The minimum atomic E-state index is -0.314. The lowest BCUT2D eigenvalue weighted by molar-refractivity contribution is -0.119. The fourth-order valence-electron chi connectivity index (χ4n) is 1.33. The first-order chi connectivity index (χ1) is 9.13. The van der Waals surface area contributed by atoms with E-state index in [0.717, 1.165) is 12.8 Å². The van der Waals surface area contributed by atoms with Crippen LogP contribution in [0.4, 0.5) is 0 Å². The Morgan fingerprint density at radius 1 is 1.16 bits per heavy atom.